The largest absolute Gasteiger partial charge is 0.466 e. The number of H-pyrrole nitrogens is 1. The van der Waals surface area contributed by atoms with Crippen molar-refractivity contribution in [2.24, 2.45) is 0 Å². The van der Waals surface area contributed by atoms with Gasteiger partial charge < -0.3 is 24.7 Å². The summed E-state index contributed by atoms with van der Waals surface area (Å²) in [6.07, 6.45) is -2.75. The van der Waals surface area contributed by atoms with Crippen molar-refractivity contribution in [2.45, 2.75) is 24.6 Å². The third kappa shape index (κ3) is 3.52. The number of ether oxygens (including phenoxy) is 2. The third-order valence-corrected chi connectivity index (χ3v) is 4.13. The Kier molecular flexibility index (Phi) is 5.17. The van der Waals surface area contributed by atoms with Crippen LogP contribution in [0.5, 0.6) is 0 Å². The minimum Gasteiger partial charge on any atom is -0.466 e. The molecule has 0 aromatic carbocycles. The zero-order chi connectivity index (χ0) is 19.7. The minimum atomic E-state index is -1.96. The number of fused-ring (bicyclic) bond motifs is 1. The van der Waals surface area contributed by atoms with E-state index in [-0.39, 0.29) is 16.6 Å². The normalized spacial score (nSPS) is 25.3. The first-order valence-electron chi connectivity index (χ1n) is 7.86. The van der Waals surface area contributed by atoms with E-state index < -0.39 is 48.4 Å². The highest BCUT2D eigenvalue weighted by Gasteiger charge is 2.45. The maximum atomic E-state index is 14.3. The second-order valence-electron chi connectivity index (χ2n) is 5.83. The first kappa shape index (κ1) is 18.9. The Labute approximate surface area is 150 Å². The molecule has 3 N–H and O–H groups in total. The molecule has 2 aromatic heterocycles. The van der Waals surface area contributed by atoms with Crippen molar-refractivity contribution < 1.29 is 28.9 Å². The van der Waals surface area contributed by atoms with Crippen LogP contribution in [-0.2, 0) is 14.3 Å². The second-order valence-corrected chi connectivity index (χ2v) is 5.83. The second kappa shape index (κ2) is 7.39. The molecule has 10 nitrogen and oxygen atoms in total. The summed E-state index contributed by atoms with van der Waals surface area (Å²) < 4.78 is 24.8. The van der Waals surface area contributed by atoms with Crippen LogP contribution in [0, 0.1) is 0 Å². The lowest BCUT2D eigenvalue weighted by Gasteiger charge is -2.16. The number of aliphatic hydroxyl groups excluding tert-OH is 2. The van der Waals surface area contributed by atoms with Gasteiger partial charge >= 0.3 is 11.7 Å². The zero-order valence-electron chi connectivity index (χ0n) is 14.0. The summed E-state index contributed by atoms with van der Waals surface area (Å²) in [6.45, 7) is -0.621. The van der Waals surface area contributed by atoms with Crippen molar-refractivity contribution in [2.75, 3.05) is 13.7 Å². The molecule has 3 heterocycles. The number of carbonyl (C=O) groups is 1. The molecule has 0 aliphatic carbocycles. The summed E-state index contributed by atoms with van der Waals surface area (Å²) in [5.74, 6) is -0.666. The van der Waals surface area contributed by atoms with Gasteiger partial charge in [-0.05, 0) is 12.1 Å². The Morgan fingerprint density at radius 3 is 2.89 bits per heavy atom. The van der Waals surface area contributed by atoms with Gasteiger partial charge in [0.05, 0.1) is 13.7 Å². The Morgan fingerprint density at radius 1 is 1.52 bits per heavy atom. The van der Waals surface area contributed by atoms with Gasteiger partial charge in [-0.1, -0.05) is 0 Å². The standard InChI is InChI=1S/C16H16FN3O7/c1-26-10(22)3-2-7-4-8-5-20(16(25)19-13(8)18-14(7)24)15-11(17)12(23)9(6-21)27-15/h2-5,9,11-12,15,21,23H,6H2,1H3,(H,18,19,24,25)/b3-2+. The van der Waals surface area contributed by atoms with E-state index in [1.807, 2.05) is 0 Å². The lowest BCUT2D eigenvalue weighted by molar-refractivity contribution is -0.134. The number of rotatable bonds is 4. The molecule has 1 saturated heterocycles. The number of pyridine rings is 1. The first-order chi connectivity index (χ1) is 12.8. The van der Waals surface area contributed by atoms with Crippen LogP contribution in [0.3, 0.4) is 0 Å². The topological polar surface area (TPSA) is 144 Å². The van der Waals surface area contributed by atoms with E-state index >= 15 is 0 Å². The molecule has 27 heavy (non-hydrogen) atoms. The summed E-state index contributed by atoms with van der Waals surface area (Å²) >= 11 is 0. The molecule has 0 bridgehead atoms. The quantitative estimate of drug-likeness (QED) is 0.445. The fourth-order valence-electron chi connectivity index (χ4n) is 2.71. The van der Waals surface area contributed by atoms with Crippen LogP contribution in [0.15, 0.2) is 27.9 Å². The summed E-state index contributed by atoms with van der Waals surface area (Å²) in [6, 6.07) is 1.35. The molecule has 0 saturated carbocycles. The highest BCUT2D eigenvalue weighted by molar-refractivity contribution is 5.87. The summed E-state index contributed by atoms with van der Waals surface area (Å²) in [4.78, 5) is 41.4. The van der Waals surface area contributed by atoms with Crippen LogP contribution in [0.2, 0.25) is 0 Å². The predicted octanol–water partition coefficient (Wildman–Crippen LogP) is -1.14. The number of halogens is 1. The Morgan fingerprint density at radius 2 is 2.26 bits per heavy atom. The average Bonchev–Trinajstić information content (AvgIpc) is 2.94. The molecule has 4 unspecified atom stereocenters. The number of aromatic amines is 1. The number of methoxy groups -OCH3 is 1. The zero-order valence-corrected chi connectivity index (χ0v) is 14.0. The number of hydrogen-bond acceptors (Lipinski definition) is 8. The number of aromatic nitrogens is 3. The third-order valence-electron chi connectivity index (χ3n) is 4.13. The molecule has 3 rings (SSSR count). The number of nitrogens with one attached hydrogen (secondary N) is 1. The van der Waals surface area contributed by atoms with Crippen molar-refractivity contribution >= 4 is 23.1 Å². The molecule has 2 aromatic rings. The predicted molar refractivity (Wildman–Crippen MR) is 89.6 cm³/mol. The van der Waals surface area contributed by atoms with E-state index in [1.54, 1.807) is 0 Å². The highest BCUT2D eigenvalue weighted by Crippen LogP contribution is 2.31. The van der Waals surface area contributed by atoms with Crippen LogP contribution in [0.1, 0.15) is 11.8 Å². The maximum Gasteiger partial charge on any atom is 0.351 e. The Bertz CT molecular complexity index is 1020. The van der Waals surface area contributed by atoms with Gasteiger partial charge in [0, 0.05) is 23.2 Å². The van der Waals surface area contributed by atoms with E-state index in [4.69, 9.17) is 9.84 Å². The van der Waals surface area contributed by atoms with E-state index in [0.29, 0.717) is 0 Å². The lowest BCUT2D eigenvalue weighted by atomic mass is 10.1. The molecule has 0 amide bonds. The van der Waals surface area contributed by atoms with Crippen LogP contribution in [0.4, 0.5) is 4.39 Å². The van der Waals surface area contributed by atoms with Crippen LogP contribution in [0.25, 0.3) is 17.1 Å². The van der Waals surface area contributed by atoms with Crippen LogP contribution in [-0.4, -0.2) is 62.8 Å². The fraction of sp³-hybridized carbons (Fsp3) is 0.375. The molecule has 1 aliphatic heterocycles. The van der Waals surface area contributed by atoms with Crippen molar-refractivity contribution in [3.8, 4) is 0 Å². The molecule has 11 heteroatoms. The first-order valence-corrected chi connectivity index (χ1v) is 7.86. The van der Waals surface area contributed by atoms with Gasteiger partial charge in [-0.2, -0.15) is 4.98 Å². The number of hydrogen-bond donors (Lipinski definition) is 3. The van der Waals surface area contributed by atoms with Gasteiger partial charge in [0.15, 0.2) is 12.4 Å². The molecule has 4 atom stereocenters. The van der Waals surface area contributed by atoms with E-state index in [9.17, 15) is 23.9 Å². The number of esters is 1. The Hall–Kier alpha value is -2.89. The number of alkyl halides is 1. The minimum absolute atomic E-state index is 0.0378. The van der Waals surface area contributed by atoms with Gasteiger partial charge in [-0.3, -0.25) is 9.36 Å². The lowest BCUT2D eigenvalue weighted by Crippen LogP contribution is -2.33. The maximum absolute atomic E-state index is 14.3. The number of aliphatic hydroxyl groups is 2. The van der Waals surface area contributed by atoms with Gasteiger partial charge in [-0.15, -0.1) is 0 Å². The van der Waals surface area contributed by atoms with Gasteiger partial charge in [0.25, 0.3) is 5.56 Å². The smallest absolute Gasteiger partial charge is 0.351 e. The molecular formula is C16H16FN3O7. The van der Waals surface area contributed by atoms with E-state index in [2.05, 4.69) is 14.7 Å². The summed E-state index contributed by atoms with van der Waals surface area (Å²) in [7, 11) is 1.18. The van der Waals surface area contributed by atoms with Crippen molar-refractivity contribution in [3.63, 3.8) is 0 Å². The monoisotopic (exact) mass is 381 g/mol. The molecule has 0 radical (unpaired) electrons. The molecule has 144 valence electrons. The van der Waals surface area contributed by atoms with Crippen molar-refractivity contribution in [1.29, 1.82) is 0 Å². The van der Waals surface area contributed by atoms with Crippen molar-refractivity contribution in [3.05, 3.63) is 44.7 Å². The average molecular weight is 381 g/mol. The fourth-order valence-corrected chi connectivity index (χ4v) is 2.71. The van der Waals surface area contributed by atoms with Gasteiger partial charge in [-0.25, -0.2) is 14.0 Å². The van der Waals surface area contributed by atoms with E-state index in [0.717, 1.165) is 10.6 Å². The van der Waals surface area contributed by atoms with Crippen LogP contribution < -0.4 is 11.2 Å². The number of carbonyl (C=O) groups excluding carboxylic acids is 1. The van der Waals surface area contributed by atoms with E-state index in [1.165, 1.54) is 25.4 Å². The molecule has 1 aliphatic rings. The van der Waals surface area contributed by atoms with Crippen molar-refractivity contribution in [1.82, 2.24) is 14.5 Å². The highest BCUT2D eigenvalue weighted by atomic mass is 19.1. The van der Waals surface area contributed by atoms with Gasteiger partial charge in [0.2, 0.25) is 0 Å². The molecular weight excluding hydrogens is 365 g/mol. The SMILES string of the molecule is COC(=O)/C=C/c1cc2cn(C3OC(CO)C(O)C3F)c(=O)nc2[nH]c1=O. The molecule has 0 spiro atoms. The van der Waals surface area contributed by atoms with Gasteiger partial charge in [0.1, 0.15) is 17.9 Å². The summed E-state index contributed by atoms with van der Waals surface area (Å²) in [5.41, 5.74) is -1.46. The Balaban J connectivity index is 2.06. The number of nitrogens with zero attached hydrogens (tertiary/aromatic N) is 2. The van der Waals surface area contributed by atoms with Crippen LogP contribution >= 0.6 is 0 Å². The summed E-state index contributed by atoms with van der Waals surface area (Å²) in [5, 5.41) is 19.1. The molecule has 1 fully saturated rings.